The Balaban J connectivity index is 2.28. The second kappa shape index (κ2) is 6.98. The van der Waals surface area contributed by atoms with Gasteiger partial charge < -0.3 is 0 Å². The molecule has 0 saturated carbocycles. The van der Waals surface area contributed by atoms with Crippen LogP contribution in [0.4, 0.5) is 0 Å². The average Bonchev–Trinajstić information content (AvgIpc) is 2.83. The van der Waals surface area contributed by atoms with E-state index in [-0.39, 0.29) is 11.4 Å². The van der Waals surface area contributed by atoms with Crippen LogP contribution in [-0.4, -0.2) is 19.8 Å². The zero-order valence-corrected chi connectivity index (χ0v) is 15.7. The van der Waals surface area contributed by atoms with Crippen LogP contribution in [-0.2, 0) is 22.4 Å². The molecule has 3 nitrogen and oxygen atoms in total. The molecule has 2 rings (SSSR count). The fourth-order valence-electron chi connectivity index (χ4n) is 1.75. The quantitative estimate of drug-likeness (QED) is 0.645. The molecule has 0 amide bonds. The molecule has 0 unspecified atom stereocenters. The first-order chi connectivity index (χ1) is 9.84. The molecule has 21 heavy (non-hydrogen) atoms. The van der Waals surface area contributed by atoms with Gasteiger partial charge in [0.05, 0.1) is 9.23 Å². The summed E-state index contributed by atoms with van der Waals surface area (Å²) in [5, 5.41) is 0. The summed E-state index contributed by atoms with van der Waals surface area (Å²) in [4.78, 5) is 1.11. The van der Waals surface area contributed by atoms with Crippen molar-refractivity contribution in [1.82, 2.24) is 4.31 Å². The number of nitrogens with zero attached hydrogens (tertiary/aromatic N) is 1. The number of halogens is 3. The third-order valence-electron chi connectivity index (χ3n) is 2.85. The third kappa shape index (κ3) is 4.00. The van der Waals surface area contributed by atoms with Gasteiger partial charge in [-0.25, -0.2) is 8.42 Å². The summed E-state index contributed by atoms with van der Waals surface area (Å²) in [5.74, 6) is 0.336. The predicted molar refractivity (Wildman–Crippen MR) is 91.7 cm³/mol. The van der Waals surface area contributed by atoms with Crippen LogP contribution >= 0.6 is 50.5 Å². The van der Waals surface area contributed by atoms with Crippen LogP contribution in [0, 0.1) is 0 Å². The number of sulfonamides is 1. The Labute approximate surface area is 146 Å². The SMILES string of the molecule is CN(Cc1ccc(Cl)s1)S(=O)(=O)c1ccc(CCl)cc1Br. The molecule has 0 N–H and O–H groups in total. The summed E-state index contributed by atoms with van der Waals surface area (Å²) in [6.45, 7) is 0.281. The van der Waals surface area contributed by atoms with Crippen molar-refractivity contribution >= 4 is 60.5 Å². The van der Waals surface area contributed by atoms with E-state index in [0.29, 0.717) is 14.7 Å². The van der Waals surface area contributed by atoms with Crippen molar-refractivity contribution < 1.29 is 8.42 Å². The van der Waals surface area contributed by atoms with Crippen LogP contribution in [0.3, 0.4) is 0 Å². The zero-order chi connectivity index (χ0) is 15.6. The van der Waals surface area contributed by atoms with E-state index in [1.165, 1.54) is 15.6 Å². The monoisotopic (exact) mass is 427 g/mol. The van der Waals surface area contributed by atoms with Gasteiger partial charge in [0.25, 0.3) is 0 Å². The fraction of sp³-hybridized carbons (Fsp3) is 0.231. The van der Waals surface area contributed by atoms with Gasteiger partial charge in [-0.15, -0.1) is 22.9 Å². The maximum atomic E-state index is 12.6. The highest BCUT2D eigenvalue weighted by Crippen LogP contribution is 2.28. The van der Waals surface area contributed by atoms with Gasteiger partial charge in [-0.2, -0.15) is 4.31 Å². The van der Waals surface area contributed by atoms with Crippen LogP contribution in [0.2, 0.25) is 4.34 Å². The molecule has 1 heterocycles. The molecule has 1 aromatic heterocycles. The molecular weight excluding hydrogens is 417 g/mol. The number of benzene rings is 1. The average molecular weight is 429 g/mol. The van der Waals surface area contributed by atoms with Crippen molar-refractivity contribution in [2.45, 2.75) is 17.3 Å². The van der Waals surface area contributed by atoms with Gasteiger partial charge in [-0.3, -0.25) is 0 Å². The lowest BCUT2D eigenvalue weighted by Crippen LogP contribution is -2.26. The second-order valence-corrected chi connectivity index (χ2v) is 9.30. The Morgan fingerprint density at radius 1 is 1.29 bits per heavy atom. The van der Waals surface area contributed by atoms with E-state index in [4.69, 9.17) is 23.2 Å². The Hall–Kier alpha value is -0.110. The van der Waals surface area contributed by atoms with E-state index < -0.39 is 10.0 Å². The van der Waals surface area contributed by atoms with Crippen LogP contribution in [0.25, 0.3) is 0 Å². The predicted octanol–water partition coefficient (Wildman–Crippen LogP) is 4.72. The molecule has 0 spiro atoms. The number of hydrogen-bond donors (Lipinski definition) is 0. The van der Waals surface area contributed by atoms with E-state index in [1.54, 1.807) is 31.3 Å². The molecule has 2 aromatic rings. The number of alkyl halides is 1. The van der Waals surface area contributed by atoms with Gasteiger partial charge >= 0.3 is 0 Å². The normalized spacial score (nSPS) is 12.0. The Kier molecular flexibility index (Phi) is 5.73. The van der Waals surface area contributed by atoms with Crippen LogP contribution in [0.15, 0.2) is 39.7 Å². The molecular formula is C13H12BrCl2NO2S2. The molecule has 0 aliphatic carbocycles. The minimum Gasteiger partial charge on any atom is -0.207 e. The zero-order valence-electron chi connectivity index (χ0n) is 11.0. The van der Waals surface area contributed by atoms with Crippen LogP contribution in [0.5, 0.6) is 0 Å². The van der Waals surface area contributed by atoms with Gasteiger partial charge in [-0.05, 0) is 45.8 Å². The van der Waals surface area contributed by atoms with E-state index in [0.717, 1.165) is 10.4 Å². The van der Waals surface area contributed by atoms with Crippen molar-refractivity contribution in [3.05, 3.63) is 49.6 Å². The molecule has 114 valence electrons. The summed E-state index contributed by atoms with van der Waals surface area (Å²) in [7, 11) is -2.03. The minimum atomic E-state index is -3.58. The third-order valence-corrected chi connectivity index (χ3v) is 7.15. The maximum absolute atomic E-state index is 12.6. The Morgan fingerprint density at radius 2 is 2.00 bits per heavy atom. The number of hydrogen-bond acceptors (Lipinski definition) is 3. The fourth-order valence-corrected chi connectivity index (χ4v) is 5.36. The van der Waals surface area contributed by atoms with Crippen LogP contribution in [0.1, 0.15) is 10.4 Å². The Morgan fingerprint density at radius 3 is 2.52 bits per heavy atom. The van der Waals surface area contributed by atoms with Gasteiger partial charge in [0.1, 0.15) is 0 Å². The molecule has 0 radical (unpaired) electrons. The summed E-state index contributed by atoms with van der Waals surface area (Å²) in [6, 6.07) is 8.57. The minimum absolute atomic E-state index is 0.224. The van der Waals surface area contributed by atoms with E-state index >= 15 is 0 Å². The largest absolute Gasteiger partial charge is 0.244 e. The van der Waals surface area contributed by atoms with Gasteiger partial charge in [0.2, 0.25) is 10.0 Å². The van der Waals surface area contributed by atoms with Crippen molar-refractivity contribution in [2.24, 2.45) is 0 Å². The highest BCUT2D eigenvalue weighted by Gasteiger charge is 2.24. The first kappa shape index (κ1) is 17.2. The van der Waals surface area contributed by atoms with E-state index in [9.17, 15) is 8.42 Å². The molecule has 0 aliphatic heterocycles. The lowest BCUT2D eigenvalue weighted by molar-refractivity contribution is 0.469. The summed E-state index contributed by atoms with van der Waals surface area (Å²) < 4.78 is 27.7. The highest BCUT2D eigenvalue weighted by atomic mass is 79.9. The van der Waals surface area contributed by atoms with Crippen molar-refractivity contribution in [3.8, 4) is 0 Å². The molecule has 0 aliphatic rings. The summed E-state index contributed by atoms with van der Waals surface area (Å²) in [6.07, 6.45) is 0. The first-order valence-electron chi connectivity index (χ1n) is 5.89. The highest BCUT2D eigenvalue weighted by molar-refractivity contribution is 9.10. The first-order valence-corrected chi connectivity index (χ1v) is 9.85. The lowest BCUT2D eigenvalue weighted by atomic mass is 10.2. The van der Waals surface area contributed by atoms with E-state index in [1.807, 2.05) is 6.07 Å². The molecule has 0 saturated heterocycles. The van der Waals surface area contributed by atoms with E-state index in [2.05, 4.69) is 15.9 Å². The molecule has 1 aromatic carbocycles. The van der Waals surface area contributed by atoms with Crippen molar-refractivity contribution in [1.29, 1.82) is 0 Å². The molecule has 0 fully saturated rings. The molecule has 0 bridgehead atoms. The lowest BCUT2D eigenvalue weighted by Gasteiger charge is -2.17. The smallest absolute Gasteiger partial charge is 0.207 e. The van der Waals surface area contributed by atoms with Gasteiger partial charge in [0.15, 0.2) is 0 Å². The maximum Gasteiger partial charge on any atom is 0.244 e. The van der Waals surface area contributed by atoms with Crippen molar-refractivity contribution in [2.75, 3.05) is 7.05 Å². The second-order valence-electron chi connectivity index (χ2n) is 4.37. The summed E-state index contributed by atoms with van der Waals surface area (Å²) in [5.41, 5.74) is 0.857. The Bertz CT molecular complexity index is 746. The van der Waals surface area contributed by atoms with Gasteiger partial charge in [-0.1, -0.05) is 17.7 Å². The number of thiophene rings is 1. The topological polar surface area (TPSA) is 37.4 Å². The summed E-state index contributed by atoms with van der Waals surface area (Å²) >= 11 is 16.3. The molecule has 8 heteroatoms. The van der Waals surface area contributed by atoms with Gasteiger partial charge in [0, 0.05) is 28.8 Å². The standard InChI is InChI=1S/C13H12BrCl2NO2S2/c1-17(8-10-3-5-13(16)20-10)21(18,19)12-4-2-9(7-15)6-11(12)14/h2-6H,7-8H2,1H3. The number of rotatable bonds is 5. The van der Waals surface area contributed by atoms with Crippen LogP contribution < -0.4 is 0 Å². The van der Waals surface area contributed by atoms with Crippen molar-refractivity contribution in [3.63, 3.8) is 0 Å². The molecule has 0 atom stereocenters.